The first-order valence-corrected chi connectivity index (χ1v) is 13.5. The molecule has 1 atom stereocenters. The molecule has 2 heterocycles. The number of nitrogens with two attached hydrogens (primary N) is 1. The number of rotatable bonds is 5. The van der Waals surface area contributed by atoms with Gasteiger partial charge in [-0.15, -0.1) is 0 Å². The molecule has 3 aromatic rings. The summed E-state index contributed by atoms with van der Waals surface area (Å²) in [6, 6.07) is 13.5. The van der Waals surface area contributed by atoms with Gasteiger partial charge in [-0.25, -0.2) is 9.18 Å². The van der Waals surface area contributed by atoms with E-state index in [4.69, 9.17) is 19.9 Å². The Morgan fingerprint density at radius 3 is 2.52 bits per heavy atom. The number of methoxy groups -OCH3 is 1. The Morgan fingerprint density at radius 2 is 1.80 bits per heavy atom. The molecule has 1 saturated heterocycles. The van der Waals surface area contributed by atoms with Gasteiger partial charge < -0.3 is 30.2 Å². The lowest BCUT2D eigenvalue weighted by Crippen LogP contribution is -2.42. The first-order valence-electron chi connectivity index (χ1n) is 13.5. The molecule has 1 fully saturated rings. The number of ether oxygens (including phenoxy) is 3. The van der Waals surface area contributed by atoms with Crippen LogP contribution in [0.2, 0.25) is 0 Å². The third kappa shape index (κ3) is 5.42. The summed E-state index contributed by atoms with van der Waals surface area (Å²) in [6.45, 7) is 10.2. The van der Waals surface area contributed by atoms with E-state index in [1.807, 2.05) is 25.1 Å². The maximum atomic E-state index is 14.4. The maximum Gasteiger partial charge on any atom is 0.415 e. The van der Waals surface area contributed by atoms with Crippen molar-refractivity contribution in [3.05, 3.63) is 82.7 Å². The Kier molecular flexibility index (Phi) is 7.57. The minimum absolute atomic E-state index is 0.238. The van der Waals surface area contributed by atoms with Gasteiger partial charge in [0.25, 0.3) is 0 Å². The molecule has 0 aliphatic carbocycles. The molecule has 3 N–H and O–H groups in total. The van der Waals surface area contributed by atoms with Gasteiger partial charge >= 0.3 is 6.09 Å². The summed E-state index contributed by atoms with van der Waals surface area (Å²) in [5, 5.41) is 3.60. The highest BCUT2D eigenvalue weighted by Gasteiger charge is 2.30. The number of halogens is 1. The van der Waals surface area contributed by atoms with Gasteiger partial charge in [0, 0.05) is 36.0 Å². The summed E-state index contributed by atoms with van der Waals surface area (Å²) in [6.07, 6.45) is 1.75. The van der Waals surface area contributed by atoms with Crippen LogP contribution >= 0.6 is 0 Å². The van der Waals surface area contributed by atoms with Gasteiger partial charge in [0.1, 0.15) is 17.3 Å². The van der Waals surface area contributed by atoms with Gasteiger partial charge in [-0.2, -0.15) is 0 Å². The summed E-state index contributed by atoms with van der Waals surface area (Å²) >= 11 is 0. The SMILES string of the molecule is COc1cc(OC(=O)N2CCOCC2)ccc1-c1ccc2c(c1C(N)c1cc(F)ccc1C)C(C)=CC(C)(C)N2. The van der Waals surface area contributed by atoms with Crippen molar-refractivity contribution in [1.29, 1.82) is 0 Å². The first kappa shape index (κ1) is 27.7. The number of amides is 1. The summed E-state index contributed by atoms with van der Waals surface area (Å²) in [5.74, 6) is 0.571. The van der Waals surface area contributed by atoms with E-state index in [9.17, 15) is 9.18 Å². The number of nitrogens with one attached hydrogen (secondary N) is 1. The van der Waals surface area contributed by atoms with Crippen molar-refractivity contribution in [1.82, 2.24) is 4.90 Å². The smallest absolute Gasteiger partial charge is 0.415 e. The van der Waals surface area contributed by atoms with Crippen molar-refractivity contribution in [2.75, 3.05) is 38.7 Å². The summed E-state index contributed by atoms with van der Waals surface area (Å²) in [4.78, 5) is 14.3. The second-order valence-corrected chi connectivity index (χ2v) is 10.9. The van der Waals surface area contributed by atoms with Crippen LogP contribution in [0.25, 0.3) is 16.7 Å². The lowest BCUT2D eigenvalue weighted by Gasteiger charge is -2.35. The molecule has 3 aromatic carbocycles. The van der Waals surface area contributed by atoms with E-state index >= 15 is 0 Å². The fourth-order valence-corrected chi connectivity index (χ4v) is 5.67. The molecule has 0 saturated carbocycles. The van der Waals surface area contributed by atoms with Crippen molar-refractivity contribution in [2.45, 2.75) is 39.3 Å². The molecule has 1 unspecified atom stereocenters. The highest BCUT2D eigenvalue weighted by atomic mass is 19.1. The highest BCUT2D eigenvalue weighted by molar-refractivity contribution is 5.89. The van der Waals surface area contributed by atoms with Gasteiger partial charge in [-0.3, -0.25) is 0 Å². The van der Waals surface area contributed by atoms with Crippen LogP contribution in [0.4, 0.5) is 14.9 Å². The van der Waals surface area contributed by atoms with Crippen LogP contribution in [0.3, 0.4) is 0 Å². The Bertz CT molecular complexity index is 1480. The number of hydrogen-bond donors (Lipinski definition) is 2. The first-order chi connectivity index (χ1) is 19.1. The van der Waals surface area contributed by atoms with Gasteiger partial charge in [0.15, 0.2) is 0 Å². The van der Waals surface area contributed by atoms with E-state index in [0.717, 1.165) is 39.1 Å². The minimum atomic E-state index is -0.615. The zero-order valence-corrected chi connectivity index (χ0v) is 23.6. The average molecular weight is 546 g/mol. The van der Waals surface area contributed by atoms with Crippen molar-refractivity contribution >= 4 is 17.4 Å². The number of aryl methyl sites for hydroxylation is 1. The van der Waals surface area contributed by atoms with Crippen molar-refractivity contribution in [3.63, 3.8) is 0 Å². The molecule has 0 aromatic heterocycles. The average Bonchev–Trinajstić information content (AvgIpc) is 2.93. The zero-order chi connectivity index (χ0) is 28.6. The summed E-state index contributed by atoms with van der Waals surface area (Å²) < 4.78 is 31.2. The van der Waals surface area contributed by atoms with E-state index in [1.54, 1.807) is 30.2 Å². The monoisotopic (exact) mass is 545 g/mol. The van der Waals surface area contributed by atoms with Gasteiger partial charge in [0.05, 0.1) is 31.9 Å². The Balaban J connectivity index is 1.62. The van der Waals surface area contributed by atoms with E-state index in [2.05, 4.69) is 32.2 Å². The number of morpholine rings is 1. The molecule has 0 bridgehead atoms. The Hall–Kier alpha value is -3.88. The third-order valence-corrected chi connectivity index (χ3v) is 7.50. The van der Waals surface area contributed by atoms with Gasteiger partial charge in [0.2, 0.25) is 0 Å². The molecule has 8 heteroatoms. The van der Waals surface area contributed by atoms with Gasteiger partial charge in [-0.05, 0) is 85.9 Å². The van der Waals surface area contributed by atoms with E-state index in [-0.39, 0.29) is 11.4 Å². The number of anilines is 1. The number of carbonyl (C=O) groups is 1. The van der Waals surface area contributed by atoms with E-state index < -0.39 is 12.1 Å². The second kappa shape index (κ2) is 10.9. The van der Waals surface area contributed by atoms with Crippen LogP contribution in [-0.4, -0.2) is 49.9 Å². The van der Waals surface area contributed by atoms with Crippen LogP contribution in [0.5, 0.6) is 11.5 Å². The molecule has 0 spiro atoms. The lowest BCUT2D eigenvalue weighted by molar-refractivity contribution is 0.0416. The van der Waals surface area contributed by atoms with Crippen LogP contribution in [-0.2, 0) is 4.74 Å². The number of carbonyl (C=O) groups excluding carboxylic acids is 1. The third-order valence-electron chi connectivity index (χ3n) is 7.50. The molecular formula is C32H36FN3O4. The molecule has 1 amide bonds. The second-order valence-electron chi connectivity index (χ2n) is 10.9. The molecule has 2 aliphatic rings. The Morgan fingerprint density at radius 1 is 1.07 bits per heavy atom. The number of nitrogens with zero attached hydrogens (tertiary/aromatic N) is 1. The van der Waals surface area contributed by atoms with E-state index in [0.29, 0.717) is 43.4 Å². The predicted molar refractivity (Wildman–Crippen MR) is 155 cm³/mol. The fraction of sp³-hybridized carbons (Fsp3) is 0.344. The fourth-order valence-electron chi connectivity index (χ4n) is 5.67. The molecule has 0 radical (unpaired) electrons. The van der Waals surface area contributed by atoms with Crippen molar-refractivity contribution in [2.24, 2.45) is 5.73 Å². The number of allylic oxidation sites excluding steroid dienone is 1. The summed E-state index contributed by atoms with van der Waals surface area (Å²) in [7, 11) is 1.58. The lowest BCUT2D eigenvalue weighted by atomic mass is 9.80. The van der Waals surface area contributed by atoms with Crippen LogP contribution < -0.4 is 20.5 Å². The van der Waals surface area contributed by atoms with Crippen LogP contribution in [0.1, 0.15) is 49.1 Å². The van der Waals surface area contributed by atoms with E-state index in [1.165, 1.54) is 12.1 Å². The molecular weight excluding hydrogens is 509 g/mol. The van der Waals surface area contributed by atoms with Crippen LogP contribution in [0, 0.1) is 12.7 Å². The van der Waals surface area contributed by atoms with Crippen molar-refractivity contribution < 1.29 is 23.4 Å². The standard InChI is InChI=1S/C32H36FN3O4/c1-19-6-7-21(33)16-25(19)30(34)29-24(10-11-26-28(29)20(2)18-32(3,4)35-26)23-9-8-22(17-27(23)38-5)40-31(37)36-12-14-39-15-13-36/h6-11,16-18,30,35H,12-15,34H2,1-5H3. The largest absolute Gasteiger partial charge is 0.496 e. The highest BCUT2D eigenvalue weighted by Crippen LogP contribution is 2.46. The molecule has 210 valence electrons. The molecule has 2 aliphatic heterocycles. The molecule has 7 nitrogen and oxygen atoms in total. The summed E-state index contributed by atoms with van der Waals surface area (Å²) in [5.41, 5.74) is 13.9. The quantitative estimate of drug-likeness (QED) is 0.392. The van der Waals surface area contributed by atoms with Crippen molar-refractivity contribution in [3.8, 4) is 22.6 Å². The normalized spacial score (nSPS) is 16.9. The molecule has 40 heavy (non-hydrogen) atoms. The maximum absolute atomic E-state index is 14.4. The zero-order valence-electron chi connectivity index (χ0n) is 23.6. The minimum Gasteiger partial charge on any atom is -0.496 e. The van der Waals surface area contributed by atoms with Crippen LogP contribution in [0.15, 0.2) is 54.6 Å². The Labute approximate surface area is 234 Å². The topological polar surface area (TPSA) is 86.0 Å². The number of benzene rings is 3. The van der Waals surface area contributed by atoms with Gasteiger partial charge in [-0.1, -0.05) is 18.2 Å². The molecule has 5 rings (SSSR count). The predicted octanol–water partition coefficient (Wildman–Crippen LogP) is 6.30. The number of fused-ring (bicyclic) bond motifs is 1. The number of hydrogen-bond acceptors (Lipinski definition) is 6.